The Balaban J connectivity index is 1.63. The molecule has 5 rings (SSSR count). The van der Waals surface area contributed by atoms with Crippen molar-refractivity contribution in [3.05, 3.63) is 89.6 Å². The number of carbonyl (C=O) groups is 1. The quantitative estimate of drug-likeness (QED) is 0.525. The van der Waals surface area contributed by atoms with Crippen molar-refractivity contribution < 1.29 is 19.0 Å². The Morgan fingerprint density at radius 3 is 2.29 bits per heavy atom. The van der Waals surface area contributed by atoms with Crippen LogP contribution in [-0.4, -0.2) is 27.1 Å². The first-order chi connectivity index (χ1) is 16.6. The number of allylic oxidation sites excluding steroid dienone is 1. The van der Waals surface area contributed by atoms with E-state index in [9.17, 15) is 4.79 Å². The van der Waals surface area contributed by atoms with Gasteiger partial charge in [0.15, 0.2) is 11.5 Å². The van der Waals surface area contributed by atoms with E-state index in [-0.39, 0.29) is 17.7 Å². The van der Waals surface area contributed by atoms with Gasteiger partial charge in [-0.2, -0.15) is 0 Å². The Labute approximate surface area is 199 Å². The third-order valence-electron chi connectivity index (χ3n) is 6.65. The van der Waals surface area contributed by atoms with Gasteiger partial charge in [0.1, 0.15) is 11.5 Å². The van der Waals surface area contributed by atoms with E-state index in [0.717, 1.165) is 33.9 Å². The van der Waals surface area contributed by atoms with Gasteiger partial charge in [-0.15, -0.1) is 0 Å². The Hall–Kier alpha value is -3.93. The first kappa shape index (κ1) is 21.9. The normalized spacial score (nSPS) is 21.1. The molecule has 1 aliphatic carbocycles. The average Bonchev–Trinajstić information content (AvgIpc) is 3.05. The number of hydrogen-bond acceptors (Lipinski definition) is 6. The van der Waals surface area contributed by atoms with E-state index in [1.165, 1.54) is 0 Å². The molecule has 0 bridgehead atoms. The van der Waals surface area contributed by atoms with E-state index < -0.39 is 5.92 Å². The fraction of sp³-hybridized carbons (Fsp3) is 0.250. The van der Waals surface area contributed by atoms with Crippen LogP contribution in [0.25, 0.3) is 0 Å². The van der Waals surface area contributed by atoms with Crippen LogP contribution in [0.3, 0.4) is 0 Å². The lowest BCUT2D eigenvalue weighted by molar-refractivity contribution is -0.122. The van der Waals surface area contributed by atoms with E-state index in [0.29, 0.717) is 17.9 Å². The van der Waals surface area contributed by atoms with E-state index in [1.807, 2.05) is 66.7 Å². The second kappa shape index (κ2) is 9.14. The summed E-state index contributed by atoms with van der Waals surface area (Å²) in [5.41, 5.74) is 4.73. The summed E-state index contributed by atoms with van der Waals surface area (Å²) in [5.74, 6) is 1.81. The third kappa shape index (κ3) is 3.85. The van der Waals surface area contributed by atoms with Crippen LogP contribution in [0.5, 0.6) is 17.2 Å². The van der Waals surface area contributed by atoms with E-state index in [4.69, 9.17) is 14.2 Å². The molecule has 6 heteroatoms. The highest BCUT2D eigenvalue weighted by Crippen LogP contribution is 2.47. The van der Waals surface area contributed by atoms with Crippen molar-refractivity contribution in [2.45, 2.75) is 18.4 Å². The van der Waals surface area contributed by atoms with Crippen LogP contribution >= 0.6 is 0 Å². The number of anilines is 2. The van der Waals surface area contributed by atoms with Crippen molar-refractivity contribution in [3.8, 4) is 17.2 Å². The van der Waals surface area contributed by atoms with Gasteiger partial charge in [0.05, 0.1) is 44.7 Å². The van der Waals surface area contributed by atoms with Crippen molar-refractivity contribution in [1.82, 2.24) is 0 Å². The Morgan fingerprint density at radius 1 is 0.824 bits per heavy atom. The van der Waals surface area contributed by atoms with Crippen molar-refractivity contribution >= 4 is 17.2 Å². The van der Waals surface area contributed by atoms with E-state index in [2.05, 4.69) is 16.7 Å². The maximum absolute atomic E-state index is 13.8. The zero-order valence-electron chi connectivity index (χ0n) is 19.5. The van der Waals surface area contributed by atoms with Crippen LogP contribution < -0.4 is 24.8 Å². The fourth-order valence-electron chi connectivity index (χ4n) is 4.99. The molecule has 0 radical (unpaired) electrons. The van der Waals surface area contributed by atoms with Crippen molar-refractivity contribution in [2.24, 2.45) is 5.92 Å². The summed E-state index contributed by atoms with van der Waals surface area (Å²) in [7, 11) is 4.90. The highest BCUT2D eigenvalue weighted by Gasteiger charge is 2.41. The number of rotatable bonds is 5. The zero-order chi connectivity index (χ0) is 23.7. The molecule has 0 amide bonds. The molecule has 2 N–H and O–H groups in total. The Kier molecular flexibility index (Phi) is 5.88. The van der Waals surface area contributed by atoms with E-state index >= 15 is 0 Å². The second-order valence-corrected chi connectivity index (χ2v) is 8.53. The first-order valence-corrected chi connectivity index (χ1v) is 11.3. The maximum atomic E-state index is 13.8. The van der Waals surface area contributed by atoms with Gasteiger partial charge >= 0.3 is 0 Å². The van der Waals surface area contributed by atoms with Gasteiger partial charge < -0.3 is 24.8 Å². The fourth-order valence-corrected chi connectivity index (χ4v) is 4.99. The van der Waals surface area contributed by atoms with Gasteiger partial charge in [-0.3, -0.25) is 4.79 Å². The summed E-state index contributed by atoms with van der Waals surface area (Å²) in [6.45, 7) is 0. The number of hydrogen-bond donors (Lipinski definition) is 2. The van der Waals surface area contributed by atoms with Gasteiger partial charge in [-0.25, -0.2) is 0 Å². The number of ketones is 1. The summed E-state index contributed by atoms with van der Waals surface area (Å²) in [6, 6.07) is 21.4. The van der Waals surface area contributed by atoms with Crippen LogP contribution in [0.4, 0.5) is 11.4 Å². The predicted octanol–water partition coefficient (Wildman–Crippen LogP) is 5.55. The number of Topliss-reactive ketones (excluding diaryl/α,β-unsaturated/α-hetero) is 1. The number of fused-ring (bicyclic) bond motifs is 2. The van der Waals surface area contributed by atoms with Gasteiger partial charge in [-0.1, -0.05) is 42.5 Å². The minimum Gasteiger partial charge on any atom is -0.497 e. The molecule has 0 saturated carbocycles. The molecular weight excluding hydrogens is 428 g/mol. The lowest BCUT2D eigenvalue weighted by atomic mass is 9.76. The summed E-state index contributed by atoms with van der Waals surface area (Å²) < 4.78 is 16.6. The standard InChI is InChI=1S/C28H28N2O4/c1-32-19-13-11-17(12-14-19)18-15-23-26(24(31)16-18)27(30-22-9-5-4-8-21(22)29-23)20-7-6-10-25(33-2)28(20)34-3/h4-15,18,26-27,29-30H,16H2,1-3H3/t18-,26-,27-/m1/s1. The topological polar surface area (TPSA) is 68.8 Å². The minimum atomic E-state index is -0.400. The molecule has 0 fully saturated rings. The molecule has 6 nitrogen and oxygen atoms in total. The molecule has 0 saturated heterocycles. The van der Waals surface area contributed by atoms with E-state index in [1.54, 1.807) is 21.3 Å². The molecule has 3 aromatic rings. The summed E-state index contributed by atoms with van der Waals surface area (Å²) in [4.78, 5) is 13.8. The second-order valence-electron chi connectivity index (χ2n) is 8.53. The Morgan fingerprint density at radius 2 is 1.59 bits per heavy atom. The molecule has 2 aliphatic rings. The molecule has 0 unspecified atom stereocenters. The highest BCUT2D eigenvalue weighted by molar-refractivity contribution is 5.90. The SMILES string of the molecule is COc1ccc([C@@H]2C=C3Nc4ccccc4N[C@H](c4cccc(OC)c4OC)[C@H]3C(=O)C2)cc1. The number of nitrogens with one attached hydrogen (secondary N) is 2. The lowest BCUT2D eigenvalue weighted by Crippen LogP contribution is -2.34. The van der Waals surface area contributed by atoms with Crippen LogP contribution in [0, 0.1) is 5.92 Å². The van der Waals surface area contributed by atoms with Gasteiger partial charge in [0.2, 0.25) is 0 Å². The van der Waals surface area contributed by atoms with Crippen LogP contribution in [0.1, 0.15) is 29.5 Å². The molecule has 1 heterocycles. The molecule has 34 heavy (non-hydrogen) atoms. The zero-order valence-corrected chi connectivity index (χ0v) is 19.5. The smallest absolute Gasteiger partial charge is 0.166 e. The molecular formula is C28H28N2O4. The largest absolute Gasteiger partial charge is 0.497 e. The monoisotopic (exact) mass is 456 g/mol. The molecule has 0 spiro atoms. The van der Waals surface area contributed by atoms with Crippen molar-refractivity contribution in [2.75, 3.05) is 32.0 Å². The molecule has 174 valence electrons. The van der Waals surface area contributed by atoms with Crippen LogP contribution in [0.15, 0.2) is 78.5 Å². The summed E-state index contributed by atoms with van der Waals surface area (Å²) >= 11 is 0. The first-order valence-electron chi connectivity index (χ1n) is 11.3. The molecule has 0 aromatic heterocycles. The maximum Gasteiger partial charge on any atom is 0.166 e. The van der Waals surface area contributed by atoms with Crippen molar-refractivity contribution in [1.29, 1.82) is 0 Å². The van der Waals surface area contributed by atoms with Crippen LogP contribution in [-0.2, 0) is 4.79 Å². The number of para-hydroxylation sites is 3. The molecule has 3 aromatic carbocycles. The Bertz CT molecular complexity index is 1240. The minimum absolute atomic E-state index is 0.0183. The van der Waals surface area contributed by atoms with Crippen molar-refractivity contribution in [3.63, 3.8) is 0 Å². The predicted molar refractivity (Wildman–Crippen MR) is 133 cm³/mol. The average molecular weight is 457 g/mol. The van der Waals surface area contributed by atoms with Crippen LogP contribution in [0.2, 0.25) is 0 Å². The number of methoxy groups -OCH3 is 3. The van der Waals surface area contributed by atoms with Gasteiger partial charge in [-0.05, 0) is 35.9 Å². The lowest BCUT2D eigenvalue weighted by Gasteiger charge is -2.33. The highest BCUT2D eigenvalue weighted by atomic mass is 16.5. The third-order valence-corrected chi connectivity index (χ3v) is 6.65. The number of ether oxygens (including phenoxy) is 3. The summed E-state index contributed by atoms with van der Waals surface area (Å²) in [5, 5.41) is 7.19. The molecule has 3 atom stereocenters. The number of benzene rings is 3. The van der Waals surface area contributed by atoms with Gasteiger partial charge in [0.25, 0.3) is 0 Å². The van der Waals surface area contributed by atoms with Gasteiger partial charge in [0, 0.05) is 23.6 Å². The summed E-state index contributed by atoms with van der Waals surface area (Å²) in [6.07, 6.45) is 2.61. The molecule has 1 aliphatic heterocycles. The number of carbonyl (C=O) groups excluding carboxylic acids is 1.